The maximum absolute atomic E-state index is 12.1. The van der Waals surface area contributed by atoms with E-state index in [1.807, 2.05) is 27.7 Å². The maximum Gasteiger partial charge on any atom is 0.410 e. The first-order valence-corrected chi connectivity index (χ1v) is 10.6. The Morgan fingerprint density at radius 2 is 1.59 bits per heavy atom. The van der Waals surface area contributed by atoms with Crippen molar-refractivity contribution in [2.45, 2.75) is 65.0 Å². The summed E-state index contributed by atoms with van der Waals surface area (Å²) in [4.78, 5) is 31.9. The second-order valence-electron chi connectivity index (χ2n) is 8.74. The number of guanidine groups is 1. The van der Waals surface area contributed by atoms with Gasteiger partial charge in [0.05, 0.1) is 6.61 Å². The molecule has 2 amide bonds. The molecule has 0 atom stereocenters. The first-order chi connectivity index (χ1) is 13.7. The zero-order chi connectivity index (χ0) is 21.4. The van der Waals surface area contributed by atoms with E-state index >= 15 is 0 Å². The van der Waals surface area contributed by atoms with Crippen LogP contribution in [0.2, 0.25) is 0 Å². The lowest BCUT2D eigenvalue weighted by Gasteiger charge is -2.33. The van der Waals surface area contributed by atoms with Gasteiger partial charge in [-0.1, -0.05) is 0 Å². The lowest BCUT2D eigenvalue weighted by atomic mass is 9.97. The minimum Gasteiger partial charge on any atom is -0.450 e. The molecular weight excluding hydrogens is 374 g/mol. The number of nitrogens with two attached hydrogens (primary N) is 1. The Hall–Kier alpha value is -2.19. The van der Waals surface area contributed by atoms with E-state index in [0.29, 0.717) is 51.2 Å². The molecule has 2 fully saturated rings. The van der Waals surface area contributed by atoms with Gasteiger partial charge in [0.2, 0.25) is 0 Å². The molecule has 2 saturated heterocycles. The van der Waals surface area contributed by atoms with Crippen LogP contribution in [0.25, 0.3) is 0 Å². The average Bonchev–Trinajstić information content (AvgIpc) is 2.66. The minimum atomic E-state index is -0.467. The molecule has 0 spiro atoms. The third-order valence-electron chi connectivity index (χ3n) is 5.16. The van der Waals surface area contributed by atoms with Gasteiger partial charge in [-0.25, -0.2) is 9.59 Å². The van der Waals surface area contributed by atoms with Gasteiger partial charge in [0.25, 0.3) is 0 Å². The van der Waals surface area contributed by atoms with Gasteiger partial charge in [-0.3, -0.25) is 4.99 Å². The van der Waals surface area contributed by atoms with Crippen molar-refractivity contribution in [1.82, 2.24) is 15.1 Å². The number of likely N-dealkylation sites (tertiary alicyclic amines) is 2. The number of nitrogens with zero attached hydrogens (tertiary/aromatic N) is 3. The zero-order valence-electron chi connectivity index (χ0n) is 18.3. The largest absolute Gasteiger partial charge is 0.450 e. The zero-order valence-corrected chi connectivity index (χ0v) is 18.3. The number of hydrogen-bond donors (Lipinski definition) is 2. The lowest BCUT2D eigenvalue weighted by Crippen LogP contribution is -2.48. The van der Waals surface area contributed by atoms with Gasteiger partial charge in [-0.05, 0) is 59.3 Å². The van der Waals surface area contributed by atoms with Crippen LogP contribution in [0.3, 0.4) is 0 Å². The Labute approximate surface area is 174 Å². The van der Waals surface area contributed by atoms with Gasteiger partial charge in [0.15, 0.2) is 5.96 Å². The standard InChI is InChI=1S/C20H37N5O4/c1-5-28-18(26)24-12-8-16(9-13-24)23-17(21)22-14-15-6-10-25(11-7-15)19(27)29-20(2,3)4/h15-16H,5-14H2,1-4H3,(H3,21,22,23). The third-order valence-corrected chi connectivity index (χ3v) is 5.16. The molecule has 2 rings (SSSR count). The highest BCUT2D eigenvalue weighted by Gasteiger charge is 2.27. The lowest BCUT2D eigenvalue weighted by molar-refractivity contribution is 0.0186. The highest BCUT2D eigenvalue weighted by molar-refractivity contribution is 5.78. The molecule has 0 aromatic carbocycles. The molecule has 29 heavy (non-hydrogen) atoms. The fourth-order valence-corrected chi connectivity index (χ4v) is 3.53. The summed E-state index contributed by atoms with van der Waals surface area (Å²) >= 11 is 0. The number of amides is 2. The van der Waals surface area contributed by atoms with Crippen molar-refractivity contribution >= 4 is 18.1 Å². The van der Waals surface area contributed by atoms with Crippen molar-refractivity contribution in [3.05, 3.63) is 0 Å². The van der Waals surface area contributed by atoms with Crippen LogP contribution in [0.4, 0.5) is 9.59 Å². The van der Waals surface area contributed by atoms with Crippen LogP contribution in [0.5, 0.6) is 0 Å². The predicted octanol–water partition coefficient (Wildman–Crippen LogP) is 2.16. The Kier molecular flexibility index (Phi) is 8.40. The molecule has 2 aliphatic rings. The molecule has 0 aliphatic carbocycles. The molecular formula is C20H37N5O4. The number of carbonyl (C=O) groups excluding carboxylic acids is 2. The third kappa shape index (κ3) is 7.98. The van der Waals surface area contributed by atoms with E-state index in [4.69, 9.17) is 15.2 Å². The van der Waals surface area contributed by atoms with Crippen LogP contribution in [0.15, 0.2) is 4.99 Å². The summed E-state index contributed by atoms with van der Waals surface area (Å²) in [5.41, 5.74) is 5.59. The molecule has 9 heteroatoms. The van der Waals surface area contributed by atoms with Crippen LogP contribution in [0, 0.1) is 5.92 Å². The van der Waals surface area contributed by atoms with Gasteiger partial charge in [-0.15, -0.1) is 0 Å². The van der Waals surface area contributed by atoms with E-state index in [-0.39, 0.29) is 18.2 Å². The number of hydrogen-bond acceptors (Lipinski definition) is 5. The van der Waals surface area contributed by atoms with Crippen molar-refractivity contribution < 1.29 is 19.1 Å². The van der Waals surface area contributed by atoms with Crippen molar-refractivity contribution in [1.29, 1.82) is 0 Å². The number of carbonyl (C=O) groups is 2. The molecule has 0 aromatic rings. The van der Waals surface area contributed by atoms with Crippen molar-refractivity contribution in [3.8, 4) is 0 Å². The second kappa shape index (κ2) is 10.5. The fraction of sp³-hybridized carbons (Fsp3) is 0.850. The predicted molar refractivity (Wildman–Crippen MR) is 112 cm³/mol. The number of ether oxygens (including phenoxy) is 2. The molecule has 0 bridgehead atoms. The molecule has 0 radical (unpaired) electrons. The highest BCUT2D eigenvalue weighted by Crippen LogP contribution is 2.20. The summed E-state index contributed by atoms with van der Waals surface area (Å²) in [7, 11) is 0. The Morgan fingerprint density at radius 1 is 1.03 bits per heavy atom. The summed E-state index contributed by atoms with van der Waals surface area (Å²) in [6.45, 7) is 11.2. The molecule has 0 unspecified atom stereocenters. The summed E-state index contributed by atoms with van der Waals surface area (Å²) < 4.78 is 10.5. The minimum absolute atomic E-state index is 0.221. The van der Waals surface area contributed by atoms with Gasteiger partial charge in [0, 0.05) is 38.8 Å². The van der Waals surface area contributed by atoms with E-state index in [1.165, 1.54) is 0 Å². The molecule has 3 N–H and O–H groups in total. The summed E-state index contributed by atoms with van der Waals surface area (Å²) in [6, 6.07) is 0.221. The number of nitrogens with one attached hydrogen (secondary N) is 1. The summed E-state index contributed by atoms with van der Waals surface area (Å²) in [5, 5.41) is 3.27. The van der Waals surface area contributed by atoms with Crippen LogP contribution < -0.4 is 11.1 Å². The van der Waals surface area contributed by atoms with Crippen LogP contribution >= 0.6 is 0 Å². The van der Waals surface area contributed by atoms with Crippen molar-refractivity contribution in [3.63, 3.8) is 0 Å². The number of aliphatic imine (C=N–C) groups is 1. The van der Waals surface area contributed by atoms with Gasteiger partial charge < -0.3 is 30.3 Å². The van der Waals surface area contributed by atoms with E-state index in [0.717, 1.165) is 25.7 Å². The SMILES string of the molecule is CCOC(=O)N1CCC(NC(N)=NCC2CCN(C(=O)OC(C)(C)C)CC2)CC1. The Balaban J connectivity index is 1.67. The summed E-state index contributed by atoms with van der Waals surface area (Å²) in [6.07, 6.45) is 2.95. The first-order valence-electron chi connectivity index (χ1n) is 10.6. The molecule has 2 heterocycles. The normalized spacial score (nSPS) is 19.8. The maximum atomic E-state index is 12.1. The highest BCUT2D eigenvalue weighted by atomic mass is 16.6. The van der Waals surface area contributed by atoms with Gasteiger partial charge in [0.1, 0.15) is 5.60 Å². The van der Waals surface area contributed by atoms with Crippen LogP contribution in [-0.2, 0) is 9.47 Å². The Morgan fingerprint density at radius 3 is 2.14 bits per heavy atom. The quantitative estimate of drug-likeness (QED) is 0.542. The van der Waals surface area contributed by atoms with Crippen LogP contribution in [-0.4, -0.2) is 78.9 Å². The number of piperidine rings is 2. The van der Waals surface area contributed by atoms with Gasteiger partial charge >= 0.3 is 12.2 Å². The van der Waals surface area contributed by atoms with Crippen molar-refractivity contribution in [2.75, 3.05) is 39.3 Å². The molecule has 9 nitrogen and oxygen atoms in total. The average molecular weight is 412 g/mol. The molecule has 0 aromatic heterocycles. The van der Waals surface area contributed by atoms with Crippen LogP contribution in [0.1, 0.15) is 53.4 Å². The first kappa shape index (κ1) is 23.1. The topological polar surface area (TPSA) is 109 Å². The van der Waals surface area contributed by atoms with E-state index in [9.17, 15) is 9.59 Å². The van der Waals surface area contributed by atoms with E-state index in [1.54, 1.807) is 9.80 Å². The molecule has 166 valence electrons. The Bertz CT molecular complexity index is 574. The smallest absolute Gasteiger partial charge is 0.410 e. The van der Waals surface area contributed by atoms with Crippen molar-refractivity contribution in [2.24, 2.45) is 16.6 Å². The monoisotopic (exact) mass is 411 g/mol. The van der Waals surface area contributed by atoms with E-state index in [2.05, 4.69) is 10.3 Å². The summed E-state index contributed by atoms with van der Waals surface area (Å²) in [5.74, 6) is 0.869. The van der Waals surface area contributed by atoms with Gasteiger partial charge in [-0.2, -0.15) is 0 Å². The van der Waals surface area contributed by atoms with E-state index < -0.39 is 5.60 Å². The second-order valence-corrected chi connectivity index (χ2v) is 8.74. The number of rotatable bonds is 4. The molecule has 0 saturated carbocycles. The fourth-order valence-electron chi connectivity index (χ4n) is 3.53. The molecule has 2 aliphatic heterocycles.